The molecule has 2 aromatic heterocycles. The molecule has 152 valence electrons. The number of aryl methyl sites for hydroxylation is 1. The molecule has 0 unspecified atom stereocenters. The zero-order valence-electron chi connectivity index (χ0n) is 16.2. The number of thioether (sulfide) groups is 1. The van der Waals surface area contributed by atoms with Crippen molar-refractivity contribution >= 4 is 39.4 Å². The maximum Gasteiger partial charge on any atom is 0.355 e. The number of ketones is 1. The van der Waals surface area contributed by atoms with Crippen molar-refractivity contribution in [3.8, 4) is 11.4 Å². The van der Waals surface area contributed by atoms with Crippen molar-refractivity contribution in [1.82, 2.24) is 19.9 Å². The molecule has 0 atom stereocenters. The van der Waals surface area contributed by atoms with Gasteiger partial charge in [0, 0.05) is 21.3 Å². The van der Waals surface area contributed by atoms with Gasteiger partial charge in [-0.05, 0) is 38.5 Å². The molecule has 1 aromatic carbocycles. The van der Waals surface area contributed by atoms with Crippen LogP contribution in [0.1, 0.15) is 39.0 Å². The van der Waals surface area contributed by atoms with Crippen molar-refractivity contribution in [3.63, 3.8) is 0 Å². The average Bonchev–Trinajstić information content (AvgIpc) is 3.19. The number of carbonyl (C=O) groups excluding carboxylic acids is 2. The van der Waals surface area contributed by atoms with Crippen molar-refractivity contribution in [1.29, 1.82) is 0 Å². The molecule has 0 spiro atoms. The van der Waals surface area contributed by atoms with Crippen LogP contribution in [0.2, 0.25) is 0 Å². The molecular formula is C19H20BrN5O3S. The highest BCUT2D eigenvalue weighted by Crippen LogP contribution is 2.28. The predicted octanol–water partition coefficient (Wildman–Crippen LogP) is 3.52. The summed E-state index contributed by atoms with van der Waals surface area (Å²) in [6.45, 7) is 5.48. The number of aromatic amines is 1. The van der Waals surface area contributed by atoms with Gasteiger partial charge in [-0.2, -0.15) is 0 Å². The summed E-state index contributed by atoms with van der Waals surface area (Å²) in [5.74, 6) is 6.12. The lowest BCUT2D eigenvalue weighted by Crippen LogP contribution is -2.13. The summed E-state index contributed by atoms with van der Waals surface area (Å²) < 4.78 is 7.23. The standard InChI is InChI=1S/C19H20BrN5O3S/c1-4-28-18(27)16-10(2)15(11(3)22-16)14(26)9-29-19-24-23-17(25(19)21)12-7-5-6-8-13(12)20/h5-8,22H,4,9,21H2,1-3H3. The van der Waals surface area contributed by atoms with Crippen LogP contribution in [0.15, 0.2) is 33.9 Å². The Morgan fingerprint density at radius 2 is 2.00 bits per heavy atom. The molecule has 10 heteroatoms. The third kappa shape index (κ3) is 4.23. The van der Waals surface area contributed by atoms with E-state index in [1.807, 2.05) is 24.3 Å². The second kappa shape index (κ2) is 8.83. The van der Waals surface area contributed by atoms with E-state index in [1.165, 1.54) is 16.4 Å². The van der Waals surface area contributed by atoms with E-state index in [2.05, 4.69) is 31.1 Å². The van der Waals surface area contributed by atoms with Crippen LogP contribution in [-0.4, -0.2) is 44.0 Å². The lowest BCUT2D eigenvalue weighted by molar-refractivity contribution is 0.0519. The van der Waals surface area contributed by atoms with E-state index in [4.69, 9.17) is 10.6 Å². The first kappa shape index (κ1) is 21.1. The third-order valence-corrected chi connectivity index (χ3v) is 5.94. The van der Waals surface area contributed by atoms with Gasteiger partial charge >= 0.3 is 5.97 Å². The Hall–Kier alpha value is -2.59. The Bertz CT molecular complexity index is 1080. The Morgan fingerprint density at radius 3 is 2.69 bits per heavy atom. The molecule has 3 rings (SSSR count). The van der Waals surface area contributed by atoms with Gasteiger partial charge in [-0.15, -0.1) is 10.2 Å². The lowest BCUT2D eigenvalue weighted by Gasteiger charge is -2.05. The van der Waals surface area contributed by atoms with E-state index >= 15 is 0 Å². The number of nitrogens with zero attached hydrogens (tertiary/aromatic N) is 3. The molecule has 0 radical (unpaired) electrons. The Balaban J connectivity index is 1.77. The highest BCUT2D eigenvalue weighted by molar-refractivity contribution is 9.10. The van der Waals surface area contributed by atoms with E-state index in [9.17, 15) is 9.59 Å². The van der Waals surface area contributed by atoms with Crippen molar-refractivity contribution in [2.45, 2.75) is 25.9 Å². The average molecular weight is 478 g/mol. The van der Waals surface area contributed by atoms with Crippen LogP contribution in [-0.2, 0) is 4.74 Å². The van der Waals surface area contributed by atoms with Crippen molar-refractivity contribution in [2.24, 2.45) is 0 Å². The number of Topliss-reactive ketones (excluding diaryl/α,β-unsaturated/α-hetero) is 1. The highest BCUT2D eigenvalue weighted by Gasteiger charge is 2.23. The largest absolute Gasteiger partial charge is 0.461 e. The Morgan fingerprint density at radius 1 is 1.28 bits per heavy atom. The zero-order chi connectivity index (χ0) is 21.1. The summed E-state index contributed by atoms with van der Waals surface area (Å²) in [6.07, 6.45) is 0. The number of halogens is 1. The summed E-state index contributed by atoms with van der Waals surface area (Å²) in [5, 5.41) is 8.65. The van der Waals surface area contributed by atoms with Crippen LogP contribution in [0.5, 0.6) is 0 Å². The maximum atomic E-state index is 12.8. The Kier molecular flexibility index (Phi) is 6.43. The number of carbonyl (C=O) groups is 2. The number of H-pyrrole nitrogens is 1. The number of nitrogens with one attached hydrogen (secondary N) is 1. The topological polar surface area (TPSA) is 116 Å². The second-order valence-electron chi connectivity index (χ2n) is 6.21. The third-order valence-electron chi connectivity index (χ3n) is 4.31. The smallest absolute Gasteiger partial charge is 0.355 e. The van der Waals surface area contributed by atoms with Gasteiger partial charge in [0.1, 0.15) is 5.69 Å². The van der Waals surface area contributed by atoms with E-state index in [0.717, 1.165) is 10.0 Å². The monoisotopic (exact) mass is 477 g/mol. The zero-order valence-corrected chi connectivity index (χ0v) is 18.6. The van der Waals surface area contributed by atoms with Gasteiger partial charge in [-0.1, -0.05) is 39.8 Å². The normalized spacial score (nSPS) is 10.9. The van der Waals surface area contributed by atoms with Gasteiger partial charge in [0.2, 0.25) is 5.16 Å². The summed E-state index contributed by atoms with van der Waals surface area (Å²) in [4.78, 5) is 27.8. The number of hydrogen-bond donors (Lipinski definition) is 2. The summed E-state index contributed by atoms with van der Waals surface area (Å²) in [7, 11) is 0. The maximum absolute atomic E-state index is 12.8. The van der Waals surface area contributed by atoms with Crippen LogP contribution < -0.4 is 5.84 Å². The van der Waals surface area contributed by atoms with Gasteiger partial charge in [0.15, 0.2) is 11.6 Å². The molecule has 0 aliphatic rings. The number of nitrogens with two attached hydrogens (primary N) is 1. The highest BCUT2D eigenvalue weighted by atomic mass is 79.9. The number of ether oxygens (including phenoxy) is 1. The fourth-order valence-electron chi connectivity index (χ4n) is 2.98. The van der Waals surface area contributed by atoms with E-state index in [1.54, 1.807) is 20.8 Å². The first-order chi connectivity index (χ1) is 13.8. The second-order valence-corrected chi connectivity index (χ2v) is 8.01. The first-order valence-corrected chi connectivity index (χ1v) is 10.6. The van der Waals surface area contributed by atoms with Crippen LogP contribution in [0.25, 0.3) is 11.4 Å². The van der Waals surface area contributed by atoms with Crippen molar-refractivity contribution < 1.29 is 14.3 Å². The number of benzene rings is 1. The number of esters is 1. The number of hydrogen-bond acceptors (Lipinski definition) is 7. The summed E-state index contributed by atoms with van der Waals surface area (Å²) in [5.41, 5.74) is 2.79. The minimum Gasteiger partial charge on any atom is -0.461 e. The first-order valence-electron chi connectivity index (χ1n) is 8.82. The fraction of sp³-hybridized carbons (Fsp3) is 0.263. The molecule has 0 bridgehead atoms. The summed E-state index contributed by atoms with van der Waals surface area (Å²) in [6, 6.07) is 7.54. The fourth-order valence-corrected chi connectivity index (χ4v) is 4.17. The molecule has 29 heavy (non-hydrogen) atoms. The molecule has 0 aliphatic heterocycles. The van der Waals surface area contributed by atoms with Gasteiger partial charge in [-0.25, -0.2) is 9.47 Å². The minimum atomic E-state index is -0.473. The molecule has 0 saturated carbocycles. The number of aromatic nitrogens is 4. The van der Waals surface area contributed by atoms with Gasteiger partial charge in [0.25, 0.3) is 0 Å². The summed E-state index contributed by atoms with van der Waals surface area (Å²) >= 11 is 4.66. The SMILES string of the molecule is CCOC(=O)c1[nH]c(C)c(C(=O)CSc2nnc(-c3ccccc3Br)n2N)c1C. The molecule has 3 N–H and O–H groups in total. The molecule has 0 fully saturated rings. The molecule has 8 nitrogen and oxygen atoms in total. The molecule has 0 amide bonds. The van der Waals surface area contributed by atoms with Gasteiger partial charge < -0.3 is 15.6 Å². The van der Waals surface area contributed by atoms with Crippen LogP contribution >= 0.6 is 27.7 Å². The molecule has 3 aromatic rings. The lowest BCUT2D eigenvalue weighted by atomic mass is 10.1. The molecule has 0 aliphatic carbocycles. The number of nitrogen functional groups attached to an aromatic ring is 1. The molecular weight excluding hydrogens is 458 g/mol. The van der Waals surface area contributed by atoms with Gasteiger partial charge in [-0.3, -0.25) is 4.79 Å². The molecule has 2 heterocycles. The van der Waals surface area contributed by atoms with Crippen LogP contribution in [0, 0.1) is 13.8 Å². The Labute approximate surface area is 180 Å². The van der Waals surface area contributed by atoms with Crippen molar-refractivity contribution in [3.05, 3.63) is 51.3 Å². The minimum absolute atomic E-state index is 0.104. The van der Waals surface area contributed by atoms with E-state index in [-0.39, 0.29) is 18.1 Å². The van der Waals surface area contributed by atoms with Crippen LogP contribution in [0.3, 0.4) is 0 Å². The quantitative estimate of drug-likeness (QED) is 0.231. The van der Waals surface area contributed by atoms with E-state index in [0.29, 0.717) is 33.5 Å². The van der Waals surface area contributed by atoms with Crippen LogP contribution in [0.4, 0.5) is 0 Å². The number of rotatable bonds is 7. The van der Waals surface area contributed by atoms with Gasteiger partial charge in [0.05, 0.1) is 12.4 Å². The van der Waals surface area contributed by atoms with E-state index < -0.39 is 5.97 Å². The predicted molar refractivity (Wildman–Crippen MR) is 115 cm³/mol. The van der Waals surface area contributed by atoms with Crippen molar-refractivity contribution in [2.75, 3.05) is 18.2 Å². The molecule has 0 saturated heterocycles.